The molecule has 4 unspecified atom stereocenters. The lowest BCUT2D eigenvalue weighted by Crippen LogP contribution is -2.38. The van der Waals surface area contributed by atoms with Crippen LogP contribution in [0.1, 0.15) is 65.2 Å². The van der Waals surface area contributed by atoms with Crippen molar-refractivity contribution in [3.8, 4) is 11.8 Å². The van der Waals surface area contributed by atoms with Crippen molar-refractivity contribution in [1.29, 1.82) is 0 Å². The van der Waals surface area contributed by atoms with Crippen molar-refractivity contribution in [2.45, 2.75) is 90.0 Å². The maximum absolute atomic E-state index is 12.5. The number of aromatic nitrogens is 2. The second-order valence-corrected chi connectivity index (χ2v) is 9.16. The van der Waals surface area contributed by atoms with Crippen LogP contribution < -0.4 is 16.6 Å². The molecule has 0 saturated carbocycles. The molecule has 1 aromatic heterocycles. The molecule has 4 atom stereocenters. The summed E-state index contributed by atoms with van der Waals surface area (Å²) in [5, 5.41) is 12.5. The van der Waals surface area contributed by atoms with Crippen LogP contribution in [0.4, 0.5) is 0 Å². The van der Waals surface area contributed by atoms with Gasteiger partial charge in [-0.25, -0.2) is 4.79 Å². The molecule has 206 valence electrons. The van der Waals surface area contributed by atoms with Crippen LogP contribution in [0, 0.1) is 11.8 Å². The molecule has 2 aliphatic heterocycles. The predicted octanol–water partition coefficient (Wildman–Crippen LogP) is 0.374. The molecular weight excluding hydrogens is 486 g/mol. The number of fused-ring (bicyclic) bond motifs is 1. The molecule has 0 aromatic carbocycles. The van der Waals surface area contributed by atoms with Gasteiger partial charge in [0.25, 0.3) is 5.56 Å². The maximum Gasteiger partial charge on any atom is 0.330 e. The fourth-order valence-electron chi connectivity index (χ4n) is 4.30. The molecular formula is C25H37N3O9. The molecule has 37 heavy (non-hydrogen) atoms. The van der Waals surface area contributed by atoms with E-state index in [1.54, 1.807) is 13.8 Å². The Kier molecular flexibility index (Phi) is 10.5. The molecule has 2 aliphatic rings. The van der Waals surface area contributed by atoms with Gasteiger partial charge in [0.15, 0.2) is 18.3 Å². The normalized spacial score (nSPS) is 24.1. The molecule has 0 radical (unpaired) electrons. The zero-order valence-corrected chi connectivity index (χ0v) is 21.8. The smallest absolute Gasteiger partial charge is 0.330 e. The fourth-order valence-corrected chi connectivity index (χ4v) is 4.30. The van der Waals surface area contributed by atoms with Crippen LogP contribution in [0.2, 0.25) is 0 Å². The first-order valence-corrected chi connectivity index (χ1v) is 12.6. The molecule has 3 heterocycles. The third kappa shape index (κ3) is 7.73. The topological polar surface area (TPSA) is 150 Å². The molecule has 0 aliphatic carbocycles. The standard InChI is InChI=1S/C25H37N3O9/c1-5-33-19(34-6-2)12-9-13-26-18(30)11-8-7-10-16-14-28(24(32)27-22(16)31)23-21-20(17(15-29)35-23)36-25(3,4)37-21/h14,17,19-21,23,29H,5-6,8-9,11-13,15H2,1-4H3,(H,26,30)(H,27,31,32). The minimum atomic E-state index is -0.912. The molecule has 2 saturated heterocycles. The highest BCUT2D eigenvalue weighted by Crippen LogP contribution is 2.42. The number of rotatable bonds is 12. The maximum atomic E-state index is 12.5. The third-order valence-electron chi connectivity index (χ3n) is 5.89. The lowest BCUT2D eigenvalue weighted by Gasteiger charge is -2.24. The van der Waals surface area contributed by atoms with E-state index in [2.05, 4.69) is 22.1 Å². The number of carbonyl (C=O) groups is 1. The highest BCUT2D eigenvalue weighted by atomic mass is 16.8. The van der Waals surface area contributed by atoms with Crippen molar-refractivity contribution >= 4 is 5.91 Å². The summed E-state index contributed by atoms with van der Waals surface area (Å²) in [6.07, 6.45) is 0.00144. The molecule has 2 fully saturated rings. The number of nitrogens with zero attached hydrogens (tertiary/aromatic N) is 1. The number of aromatic amines is 1. The Balaban J connectivity index is 1.56. The van der Waals surface area contributed by atoms with Crippen LogP contribution in [0.3, 0.4) is 0 Å². The van der Waals surface area contributed by atoms with Crippen molar-refractivity contribution in [2.24, 2.45) is 0 Å². The Bertz CT molecular complexity index is 1080. The van der Waals surface area contributed by atoms with Gasteiger partial charge in [0, 0.05) is 45.2 Å². The molecule has 0 spiro atoms. The summed E-state index contributed by atoms with van der Waals surface area (Å²) in [4.78, 5) is 39.2. The highest BCUT2D eigenvalue weighted by molar-refractivity contribution is 5.76. The van der Waals surface area contributed by atoms with Crippen molar-refractivity contribution in [2.75, 3.05) is 26.4 Å². The van der Waals surface area contributed by atoms with Crippen LogP contribution in [-0.2, 0) is 28.5 Å². The summed E-state index contributed by atoms with van der Waals surface area (Å²) in [5.41, 5.74) is -1.29. The Hall–Kier alpha value is -2.53. The monoisotopic (exact) mass is 523 g/mol. The Morgan fingerprint density at radius 1 is 1.24 bits per heavy atom. The van der Waals surface area contributed by atoms with E-state index in [1.165, 1.54) is 10.8 Å². The van der Waals surface area contributed by atoms with E-state index in [9.17, 15) is 19.5 Å². The lowest BCUT2D eigenvalue weighted by molar-refractivity contribution is -0.200. The number of nitrogens with one attached hydrogen (secondary N) is 2. The minimum Gasteiger partial charge on any atom is -0.394 e. The van der Waals surface area contributed by atoms with Gasteiger partial charge < -0.3 is 34.1 Å². The number of aliphatic hydroxyl groups excluding tert-OH is 1. The largest absolute Gasteiger partial charge is 0.394 e. The summed E-state index contributed by atoms with van der Waals surface area (Å²) in [6, 6.07) is 0. The van der Waals surface area contributed by atoms with E-state index in [-0.39, 0.29) is 37.2 Å². The SMILES string of the molecule is CCOC(CCCNC(=O)CCC#Cc1cn(C2OC(CO)C3OC(C)(C)OC32)c(=O)[nH]c1=O)OCC. The first kappa shape index (κ1) is 29.0. The Morgan fingerprint density at radius 2 is 1.95 bits per heavy atom. The van der Waals surface area contributed by atoms with Crippen LogP contribution in [0.5, 0.6) is 0 Å². The zero-order valence-electron chi connectivity index (χ0n) is 21.8. The van der Waals surface area contributed by atoms with Gasteiger partial charge in [-0.2, -0.15) is 0 Å². The average molecular weight is 524 g/mol. The van der Waals surface area contributed by atoms with Crippen LogP contribution in [0.25, 0.3) is 0 Å². The Labute approximate surface area is 215 Å². The van der Waals surface area contributed by atoms with Crippen molar-refractivity contribution < 1.29 is 33.6 Å². The summed E-state index contributed by atoms with van der Waals surface area (Å²) < 4.78 is 29.7. The molecule has 1 amide bonds. The van der Waals surface area contributed by atoms with Gasteiger partial charge in [0.1, 0.15) is 23.9 Å². The number of carbonyl (C=O) groups excluding carboxylic acids is 1. The molecule has 3 rings (SSSR count). The van der Waals surface area contributed by atoms with Gasteiger partial charge >= 0.3 is 5.69 Å². The van der Waals surface area contributed by atoms with Crippen molar-refractivity contribution in [3.63, 3.8) is 0 Å². The van der Waals surface area contributed by atoms with Crippen LogP contribution in [-0.4, -0.2) is 77.3 Å². The summed E-state index contributed by atoms with van der Waals surface area (Å²) in [7, 11) is 0. The Morgan fingerprint density at radius 3 is 2.62 bits per heavy atom. The van der Waals surface area contributed by atoms with Gasteiger partial charge in [-0.05, 0) is 34.1 Å². The quantitative estimate of drug-likeness (QED) is 0.201. The van der Waals surface area contributed by atoms with E-state index in [4.69, 9.17) is 23.7 Å². The molecule has 12 nitrogen and oxygen atoms in total. The first-order valence-electron chi connectivity index (χ1n) is 12.6. The zero-order chi connectivity index (χ0) is 27.0. The van der Waals surface area contributed by atoms with Gasteiger partial charge in [0.2, 0.25) is 5.91 Å². The number of H-pyrrole nitrogens is 1. The minimum absolute atomic E-state index is 0.0451. The number of amides is 1. The van der Waals surface area contributed by atoms with E-state index in [0.29, 0.717) is 32.6 Å². The third-order valence-corrected chi connectivity index (χ3v) is 5.89. The van der Waals surface area contributed by atoms with E-state index in [1.807, 2.05) is 13.8 Å². The first-order chi connectivity index (χ1) is 17.7. The van der Waals surface area contributed by atoms with Crippen molar-refractivity contribution in [1.82, 2.24) is 14.9 Å². The van der Waals surface area contributed by atoms with Gasteiger partial charge in [-0.1, -0.05) is 11.8 Å². The number of ether oxygens (including phenoxy) is 5. The number of hydrogen-bond acceptors (Lipinski definition) is 9. The molecule has 12 heteroatoms. The van der Waals surface area contributed by atoms with Gasteiger partial charge in [-0.3, -0.25) is 19.1 Å². The van der Waals surface area contributed by atoms with Gasteiger partial charge in [-0.15, -0.1) is 0 Å². The van der Waals surface area contributed by atoms with Crippen LogP contribution in [0.15, 0.2) is 15.8 Å². The molecule has 0 bridgehead atoms. The number of hydrogen-bond donors (Lipinski definition) is 3. The van der Waals surface area contributed by atoms with E-state index >= 15 is 0 Å². The summed E-state index contributed by atoms with van der Waals surface area (Å²) >= 11 is 0. The molecule has 1 aromatic rings. The van der Waals surface area contributed by atoms with E-state index < -0.39 is 41.6 Å². The predicted molar refractivity (Wildman–Crippen MR) is 132 cm³/mol. The fraction of sp³-hybridized carbons (Fsp3) is 0.720. The lowest BCUT2D eigenvalue weighted by atomic mass is 10.1. The summed E-state index contributed by atoms with van der Waals surface area (Å²) in [6.45, 7) is 8.58. The summed E-state index contributed by atoms with van der Waals surface area (Å²) in [5.74, 6) is 4.47. The highest BCUT2D eigenvalue weighted by Gasteiger charge is 2.55. The second-order valence-electron chi connectivity index (χ2n) is 9.16. The van der Waals surface area contributed by atoms with Crippen LogP contribution >= 0.6 is 0 Å². The second kappa shape index (κ2) is 13.3. The molecule has 3 N–H and O–H groups in total. The van der Waals surface area contributed by atoms with Gasteiger partial charge in [0.05, 0.1) is 6.61 Å². The van der Waals surface area contributed by atoms with E-state index in [0.717, 1.165) is 0 Å². The van der Waals surface area contributed by atoms with Crippen molar-refractivity contribution in [3.05, 3.63) is 32.6 Å². The average Bonchev–Trinajstić information content (AvgIpc) is 3.33. The number of aliphatic hydroxyl groups is 1.